The van der Waals surface area contributed by atoms with Crippen LogP contribution in [-0.2, 0) is 11.3 Å². The van der Waals surface area contributed by atoms with Crippen molar-refractivity contribution in [3.63, 3.8) is 0 Å². The van der Waals surface area contributed by atoms with Gasteiger partial charge in [-0.3, -0.25) is 9.69 Å². The summed E-state index contributed by atoms with van der Waals surface area (Å²) in [6.07, 6.45) is 1.28. The molecule has 0 aliphatic heterocycles. The van der Waals surface area contributed by atoms with Crippen molar-refractivity contribution in [3.8, 4) is 0 Å². The molecule has 0 radical (unpaired) electrons. The van der Waals surface area contributed by atoms with Crippen LogP contribution in [-0.4, -0.2) is 39.7 Å². The molecule has 0 unspecified atom stereocenters. The Morgan fingerprint density at radius 1 is 1.83 bits per heavy atom. The number of carbonyl (C=O) groups is 1. The fourth-order valence-corrected chi connectivity index (χ4v) is 0.783. The van der Waals surface area contributed by atoms with Crippen molar-refractivity contribution in [1.29, 1.82) is 0 Å². The predicted octanol–water partition coefficient (Wildman–Crippen LogP) is -0.414. The maximum absolute atomic E-state index is 10.2. The molecule has 1 aromatic heterocycles. The van der Waals surface area contributed by atoms with Gasteiger partial charge in [-0.25, -0.2) is 0 Å². The van der Waals surface area contributed by atoms with Crippen LogP contribution in [0.2, 0.25) is 0 Å². The van der Waals surface area contributed by atoms with E-state index < -0.39 is 5.97 Å². The molecule has 66 valence electrons. The minimum Gasteiger partial charge on any atom is -0.480 e. The number of hydrogen-bond donors (Lipinski definition) is 1. The van der Waals surface area contributed by atoms with Crippen molar-refractivity contribution in [1.82, 2.24) is 15.0 Å². The number of carboxylic acids is 1. The lowest BCUT2D eigenvalue weighted by atomic mass is 10.5. The van der Waals surface area contributed by atoms with Gasteiger partial charge in [-0.15, -0.1) is 0 Å². The maximum atomic E-state index is 10.2. The topological polar surface area (TPSA) is 79.5 Å². The highest BCUT2D eigenvalue weighted by Crippen LogP contribution is 1.95. The van der Waals surface area contributed by atoms with Gasteiger partial charge in [0.2, 0.25) is 5.89 Å². The molecule has 12 heavy (non-hydrogen) atoms. The normalized spacial score (nSPS) is 10.5. The second-order valence-corrected chi connectivity index (χ2v) is 2.40. The average Bonchev–Trinajstić information content (AvgIpc) is 2.37. The second-order valence-electron chi connectivity index (χ2n) is 2.40. The first-order valence-electron chi connectivity index (χ1n) is 3.34. The summed E-state index contributed by atoms with van der Waals surface area (Å²) < 4.78 is 4.69. The number of likely N-dealkylation sites (N-methyl/N-ethyl adjacent to an activating group) is 1. The number of carboxylic acid groups (broad SMARTS) is 1. The molecular weight excluding hydrogens is 162 g/mol. The summed E-state index contributed by atoms with van der Waals surface area (Å²) in [5.41, 5.74) is 0. The Morgan fingerprint density at radius 2 is 2.58 bits per heavy atom. The summed E-state index contributed by atoms with van der Waals surface area (Å²) >= 11 is 0. The van der Waals surface area contributed by atoms with E-state index in [4.69, 9.17) is 9.63 Å². The van der Waals surface area contributed by atoms with Gasteiger partial charge in [0.15, 0.2) is 6.33 Å². The number of rotatable bonds is 4. The molecule has 1 rings (SSSR count). The first-order valence-corrected chi connectivity index (χ1v) is 3.34. The maximum Gasteiger partial charge on any atom is 0.317 e. The molecule has 0 saturated heterocycles. The molecule has 0 aliphatic carbocycles. The van der Waals surface area contributed by atoms with E-state index in [9.17, 15) is 4.79 Å². The summed E-state index contributed by atoms with van der Waals surface area (Å²) in [6, 6.07) is 0. The largest absolute Gasteiger partial charge is 0.480 e. The van der Waals surface area contributed by atoms with Gasteiger partial charge in [0, 0.05) is 0 Å². The second kappa shape index (κ2) is 3.82. The Balaban J connectivity index is 2.36. The third-order valence-electron chi connectivity index (χ3n) is 1.22. The number of aliphatic carboxylic acids is 1. The smallest absolute Gasteiger partial charge is 0.317 e. The van der Waals surface area contributed by atoms with Gasteiger partial charge in [0.1, 0.15) is 0 Å². The molecule has 0 spiro atoms. The predicted molar refractivity (Wildman–Crippen MR) is 38.3 cm³/mol. The Kier molecular flexibility index (Phi) is 2.76. The lowest BCUT2D eigenvalue weighted by molar-refractivity contribution is -0.138. The SMILES string of the molecule is CN(CC(=O)O)Cc1ncno1. The van der Waals surface area contributed by atoms with Gasteiger partial charge >= 0.3 is 5.97 Å². The minimum atomic E-state index is -0.878. The molecular formula is C6H9N3O3. The Hall–Kier alpha value is -1.43. The van der Waals surface area contributed by atoms with Crippen molar-refractivity contribution >= 4 is 5.97 Å². The zero-order chi connectivity index (χ0) is 8.97. The number of aromatic nitrogens is 2. The van der Waals surface area contributed by atoms with Crippen molar-refractivity contribution in [2.45, 2.75) is 6.54 Å². The molecule has 1 heterocycles. The van der Waals surface area contributed by atoms with Gasteiger partial charge in [0.05, 0.1) is 13.1 Å². The van der Waals surface area contributed by atoms with Gasteiger partial charge in [-0.05, 0) is 7.05 Å². The van der Waals surface area contributed by atoms with E-state index in [1.807, 2.05) is 0 Å². The van der Waals surface area contributed by atoms with Crippen LogP contribution in [0.1, 0.15) is 5.89 Å². The van der Waals surface area contributed by atoms with Gasteiger partial charge in [0.25, 0.3) is 0 Å². The Bertz CT molecular complexity index is 247. The third kappa shape index (κ3) is 2.67. The molecule has 0 aromatic carbocycles. The first kappa shape index (κ1) is 8.66. The zero-order valence-corrected chi connectivity index (χ0v) is 6.60. The summed E-state index contributed by atoms with van der Waals surface area (Å²) in [5.74, 6) is -0.462. The van der Waals surface area contributed by atoms with Gasteiger partial charge in [-0.2, -0.15) is 4.98 Å². The summed E-state index contributed by atoms with van der Waals surface area (Å²) in [6.45, 7) is 0.314. The van der Waals surface area contributed by atoms with Crippen LogP contribution in [0, 0.1) is 0 Å². The van der Waals surface area contributed by atoms with Crippen LogP contribution in [0.5, 0.6) is 0 Å². The van der Waals surface area contributed by atoms with Crippen molar-refractivity contribution in [2.24, 2.45) is 0 Å². The fraction of sp³-hybridized carbons (Fsp3) is 0.500. The summed E-state index contributed by atoms with van der Waals surface area (Å²) in [7, 11) is 1.66. The van der Waals surface area contributed by atoms with Gasteiger partial charge < -0.3 is 9.63 Å². The number of nitrogens with zero attached hydrogens (tertiary/aromatic N) is 3. The minimum absolute atomic E-state index is 0.0393. The van der Waals surface area contributed by atoms with E-state index in [2.05, 4.69) is 10.1 Å². The molecule has 0 atom stereocenters. The quantitative estimate of drug-likeness (QED) is 0.663. The molecule has 0 fully saturated rings. The molecule has 0 bridgehead atoms. The van der Waals surface area contributed by atoms with Crippen LogP contribution in [0.3, 0.4) is 0 Å². The van der Waals surface area contributed by atoms with Crippen molar-refractivity contribution in [3.05, 3.63) is 12.2 Å². The third-order valence-corrected chi connectivity index (χ3v) is 1.22. The van der Waals surface area contributed by atoms with Crippen LogP contribution >= 0.6 is 0 Å². The van der Waals surface area contributed by atoms with E-state index in [0.29, 0.717) is 12.4 Å². The van der Waals surface area contributed by atoms with E-state index in [1.165, 1.54) is 6.33 Å². The van der Waals surface area contributed by atoms with Crippen LogP contribution in [0.4, 0.5) is 0 Å². The highest BCUT2D eigenvalue weighted by molar-refractivity contribution is 5.68. The van der Waals surface area contributed by atoms with Crippen molar-refractivity contribution < 1.29 is 14.4 Å². The summed E-state index contributed by atoms with van der Waals surface area (Å²) in [4.78, 5) is 15.5. The van der Waals surface area contributed by atoms with E-state index in [-0.39, 0.29) is 6.54 Å². The molecule has 1 N–H and O–H groups in total. The number of hydrogen-bond acceptors (Lipinski definition) is 5. The summed E-state index contributed by atoms with van der Waals surface area (Å²) in [5, 5.41) is 11.8. The molecule has 6 nitrogen and oxygen atoms in total. The standard InChI is InChI=1S/C6H9N3O3/c1-9(3-6(10)11)2-5-7-4-8-12-5/h4H,2-3H2,1H3,(H,10,11). The lowest BCUT2D eigenvalue weighted by Crippen LogP contribution is -2.25. The molecule has 1 aromatic rings. The average molecular weight is 171 g/mol. The van der Waals surface area contributed by atoms with E-state index in [1.54, 1.807) is 11.9 Å². The van der Waals surface area contributed by atoms with Crippen LogP contribution in [0.15, 0.2) is 10.9 Å². The Labute approximate surface area is 68.8 Å². The van der Waals surface area contributed by atoms with E-state index in [0.717, 1.165) is 0 Å². The Morgan fingerprint density at radius 3 is 3.08 bits per heavy atom. The highest BCUT2D eigenvalue weighted by Gasteiger charge is 2.07. The van der Waals surface area contributed by atoms with Crippen LogP contribution < -0.4 is 0 Å². The molecule has 6 heteroatoms. The highest BCUT2D eigenvalue weighted by atomic mass is 16.5. The zero-order valence-electron chi connectivity index (χ0n) is 6.60. The molecule has 0 aliphatic rings. The molecule has 0 saturated carbocycles. The molecule has 0 amide bonds. The van der Waals surface area contributed by atoms with Crippen LogP contribution in [0.25, 0.3) is 0 Å². The first-order chi connectivity index (χ1) is 5.68. The lowest BCUT2D eigenvalue weighted by Gasteiger charge is -2.09. The monoisotopic (exact) mass is 171 g/mol. The van der Waals surface area contributed by atoms with Gasteiger partial charge in [-0.1, -0.05) is 5.16 Å². The van der Waals surface area contributed by atoms with Crippen molar-refractivity contribution in [2.75, 3.05) is 13.6 Å². The van der Waals surface area contributed by atoms with E-state index >= 15 is 0 Å². The fourth-order valence-electron chi connectivity index (χ4n) is 0.783.